The first kappa shape index (κ1) is 9.49. The van der Waals surface area contributed by atoms with Crippen LogP contribution >= 0.6 is 0 Å². The molecule has 2 rings (SSSR count). The molecule has 4 N–H and O–H groups in total. The number of para-hydroxylation sites is 1. The monoisotopic (exact) mass is 192 g/mol. The molecule has 2 atom stereocenters. The number of nitrogens with one attached hydrogen (secondary N) is 1. The van der Waals surface area contributed by atoms with Crippen molar-refractivity contribution in [3.8, 4) is 5.75 Å². The van der Waals surface area contributed by atoms with E-state index in [1.165, 1.54) is 0 Å². The number of rotatable bonds is 1. The summed E-state index contributed by atoms with van der Waals surface area (Å²) in [5.41, 5.74) is 6.85. The van der Waals surface area contributed by atoms with Gasteiger partial charge in [0.05, 0.1) is 0 Å². The first-order valence-electron chi connectivity index (χ1n) is 5.04. The number of piperidine rings is 1. The molecule has 1 aliphatic rings. The van der Waals surface area contributed by atoms with Crippen molar-refractivity contribution in [2.75, 3.05) is 6.54 Å². The van der Waals surface area contributed by atoms with E-state index in [1.807, 2.05) is 18.2 Å². The van der Waals surface area contributed by atoms with Crippen LogP contribution in [0.5, 0.6) is 5.75 Å². The van der Waals surface area contributed by atoms with Crippen LogP contribution in [-0.2, 0) is 0 Å². The fourth-order valence-corrected chi connectivity index (χ4v) is 1.97. The number of aromatic hydroxyl groups is 1. The summed E-state index contributed by atoms with van der Waals surface area (Å²) in [7, 11) is 0. The second kappa shape index (κ2) is 3.98. The highest BCUT2D eigenvalue weighted by Crippen LogP contribution is 2.28. The Balaban J connectivity index is 2.18. The number of phenolic OH excluding ortho intramolecular Hbond substituents is 1. The zero-order chi connectivity index (χ0) is 9.97. The first-order chi connectivity index (χ1) is 6.77. The number of nitrogens with two attached hydrogens (primary N) is 1. The summed E-state index contributed by atoms with van der Waals surface area (Å²) in [6.45, 7) is 0.931. The summed E-state index contributed by atoms with van der Waals surface area (Å²) in [6.07, 6.45) is 1.92. The molecular weight excluding hydrogens is 176 g/mol. The van der Waals surface area contributed by atoms with E-state index in [9.17, 15) is 5.11 Å². The Bertz CT molecular complexity index is 314. The van der Waals surface area contributed by atoms with Crippen LogP contribution < -0.4 is 11.1 Å². The third-order valence-electron chi connectivity index (χ3n) is 2.76. The number of hydrogen-bond acceptors (Lipinski definition) is 3. The van der Waals surface area contributed by atoms with Crippen molar-refractivity contribution in [3.63, 3.8) is 0 Å². The van der Waals surface area contributed by atoms with Crippen LogP contribution in [0.4, 0.5) is 0 Å². The van der Waals surface area contributed by atoms with Crippen molar-refractivity contribution < 1.29 is 5.11 Å². The van der Waals surface area contributed by atoms with E-state index in [0.29, 0.717) is 5.75 Å². The first-order valence-corrected chi connectivity index (χ1v) is 5.04. The van der Waals surface area contributed by atoms with E-state index in [-0.39, 0.29) is 12.1 Å². The van der Waals surface area contributed by atoms with Gasteiger partial charge in [-0.15, -0.1) is 0 Å². The van der Waals surface area contributed by atoms with E-state index < -0.39 is 0 Å². The molecule has 0 aromatic heterocycles. The van der Waals surface area contributed by atoms with Crippen LogP contribution in [0.2, 0.25) is 0 Å². The lowest BCUT2D eigenvalue weighted by Gasteiger charge is -2.28. The molecule has 76 valence electrons. The second-order valence-corrected chi connectivity index (χ2v) is 3.85. The van der Waals surface area contributed by atoms with Crippen molar-refractivity contribution >= 4 is 0 Å². The summed E-state index contributed by atoms with van der Waals surface area (Å²) in [5, 5.41) is 13.0. The molecule has 3 nitrogen and oxygen atoms in total. The topological polar surface area (TPSA) is 58.3 Å². The molecule has 1 heterocycles. The molecule has 0 spiro atoms. The molecule has 1 fully saturated rings. The van der Waals surface area contributed by atoms with Crippen LogP contribution in [0.25, 0.3) is 0 Å². The third-order valence-corrected chi connectivity index (χ3v) is 2.76. The summed E-state index contributed by atoms with van der Waals surface area (Å²) in [5.74, 6) is 0.360. The smallest absolute Gasteiger partial charge is 0.120 e. The Kier molecular flexibility index (Phi) is 2.70. The number of hydrogen-bond donors (Lipinski definition) is 3. The Morgan fingerprint density at radius 1 is 1.36 bits per heavy atom. The van der Waals surface area contributed by atoms with Gasteiger partial charge in [0, 0.05) is 17.6 Å². The summed E-state index contributed by atoms with van der Waals surface area (Å²) < 4.78 is 0. The van der Waals surface area contributed by atoms with E-state index in [1.54, 1.807) is 6.07 Å². The maximum absolute atomic E-state index is 9.67. The molecule has 0 aliphatic carbocycles. The molecular formula is C11H16N2O. The quantitative estimate of drug-likeness (QED) is 0.625. The van der Waals surface area contributed by atoms with Gasteiger partial charge in [0.25, 0.3) is 0 Å². The molecule has 3 heteroatoms. The van der Waals surface area contributed by atoms with Gasteiger partial charge < -0.3 is 16.2 Å². The van der Waals surface area contributed by atoms with Crippen LogP contribution in [-0.4, -0.2) is 17.7 Å². The number of phenols is 1. The molecule has 1 saturated heterocycles. The Morgan fingerprint density at radius 2 is 2.14 bits per heavy atom. The predicted octanol–water partition coefficient (Wildman–Crippen LogP) is 1.14. The van der Waals surface area contributed by atoms with Crippen molar-refractivity contribution in [1.29, 1.82) is 0 Å². The lowest BCUT2D eigenvalue weighted by atomic mass is 9.94. The lowest BCUT2D eigenvalue weighted by Crippen LogP contribution is -2.38. The fraction of sp³-hybridized carbons (Fsp3) is 0.455. The van der Waals surface area contributed by atoms with Crippen molar-refractivity contribution in [2.45, 2.75) is 24.9 Å². The fourth-order valence-electron chi connectivity index (χ4n) is 1.97. The highest BCUT2D eigenvalue weighted by atomic mass is 16.3. The standard InChI is InChI=1S/C11H16N2O/c12-8-5-6-13-10(7-8)9-3-1-2-4-11(9)14/h1-4,8,10,13-14H,5-7,12H2/t8-,10-/m0/s1. The van der Waals surface area contributed by atoms with Crippen LogP contribution in [0.1, 0.15) is 24.4 Å². The normalized spacial score (nSPS) is 27.5. The van der Waals surface area contributed by atoms with Crippen molar-refractivity contribution in [2.24, 2.45) is 5.73 Å². The summed E-state index contributed by atoms with van der Waals surface area (Å²) >= 11 is 0. The molecule has 1 aromatic rings. The zero-order valence-corrected chi connectivity index (χ0v) is 8.11. The van der Waals surface area contributed by atoms with E-state index in [2.05, 4.69) is 5.32 Å². The van der Waals surface area contributed by atoms with Gasteiger partial charge in [-0.05, 0) is 25.5 Å². The Hall–Kier alpha value is -1.06. The van der Waals surface area contributed by atoms with Crippen LogP contribution in [0, 0.1) is 0 Å². The van der Waals surface area contributed by atoms with Crippen LogP contribution in [0.3, 0.4) is 0 Å². The van der Waals surface area contributed by atoms with E-state index in [0.717, 1.165) is 24.9 Å². The van der Waals surface area contributed by atoms with Gasteiger partial charge in [0.15, 0.2) is 0 Å². The maximum Gasteiger partial charge on any atom is 0.120 e. The molecule has 14 heavy (non-hydrogen) atoms. The van der Waals surface area contributed by atoms with Crippen molar-refractivity contribution in [1.82, 2.24) is 5.32 Å². The maximum atomic E-state index is 9.67. The average Bonchev–Trinajstić information content (AvgIpc) is 2.18. The zero-order valence-electron chi connectivity index (χ0n) is 8.11. The van der Waals surface area contributed by atoms with Gasteiger partial charge in [-0.25, -0.2) is 0 Å². The van der Waals surface area contributed by atoms with Gasteiger partial charge in [0.1, 0.15) is 5.75 Å². The van der Waals surface area contributed by atoms with E-state index >= 15 is 0 Å². The SMILES string of the molecule is N[C@H]1CCN[C@H](c2ccccc2O)C1. The van der Waals surface area contributed by atoms with E-state index in [4.69, 9.17) is 5.73 Å². The van der Waals surface area contributed by atoms with Gasteiger partial charge in [0.2, 0.25) is 0 Å². The van der Waals surface area contributed by atoms with Crippen LogP contribution in [0.15, 0.2) is 24.3 Å². The minimum absolute atomic E-state index is 0.208. The third kappa shape index (κ3) is 1.89. The highest BCUT2D eigenvalue weighted by molar-refractivity contribution is 5.34. The second-order valence-electron chi connectivity index (χ2n) is 3.85. The molecule has 0 radical (unpaired) electrons. The van der Waals surface area contributed by atoms with Gasteiger partial charge in [-0.3, -0.25) is 0 Å². The Morgan fingerprint density at radius 3 is 2.86 bits per heavy atom. The molecule has 0 saturated carbocycles. The number of benzene rings is 1. The molecule has 1 aromatic carbocycles. The average molecular weight is 192 g/mol. The van der Waals surface area contributed by atoms with Crippen molar-refractivity contribution in [3.05, 3.63) is 29.8 Å². The summed E-state index contributed by atoms with van der Waals surface area (Å²) in [4.78, 5) is 0. The van der Waals surface area contributed by atoms with Gasteiger partial charge in [-0.1, -0.05) is 18.2 Å². The minimum atomic E-state index is 0.208. The predicted molar refractivity (Wildman–Crippen MR) is 56.1 cm³/mol. The highest BCUT2D eigenvalue weighted by Gasteiger charge is 2.21. The summed E-state index contributed by atoms with van der Waals surface area (Å²) in [6, 6.07) is 7.90. The Labute approximate surface area is 83.9 Å². The molecule has 0 amide bonds. The van der Waals surface area contributed by atoms with Gasteiger partial charge in [-0.2, -0.15) is 0 Å². The minimum Gasteiger partial charge on any atom is -0.508 e. The largest absolute Gasteiger partial charge is 0.508 e. The molecule has 1 aliphatic heterocycles. The molecule has 0 unspecified atom stereocenters. The molecule has 0 bridgehead atoms. The lowest BCUT2D eigenvalue weighted by molar-refractivity contribution is 0.357. The van der Waals surface area contributed by atoms with Gasteiger partial charge >= 0.3 is 0 Å².